The van der Waals surface area contributed by atoms with Crippen molar-refractivity contribution in [1.29, 1.82) is 0 Å². The Morgan fingerprint density at radius 2 is 1.65 bits per heavy atom. The second-order valence-corrected chi connectivity index (χ2v) is 4.48. The Hall–Kier alpha value is -0.890. The molecule has 0 unspecified atom stereocenters. The molecule has 1 nitrogen and oxygen atoms in total. The quantitative estimate of drug-likeness (QED) is 0.675. The van der Waals surface area contributed by atoms with Crippen LogP contribution in [0.25, 0.3) is 0 Å². The first-order chi connectivity index (χ1) is 8.20. The minimum absolute atomic E-state index is 0.413. The molecule has 2 aromatic carbocycles. The summed E-state index contributed by atoms with van der Waals surface area (Å²) in [6, 6.07) is 12.8. The van der Waals surface area contributed by atoms with Gasteiger partial charge in [0.2, 0.25) is 0 Å². The van der Waals surface area contributed by atoms with E-state index in [1.165, 1.54) is 0 Å². The lowest BCUT2D eigenvalue weighted by Crippen LogP contribution is -1.86. The van der Waals surface area contributed by atoms with Crippen LogP contribution in [-0.2, 0) is 5.88 Å². The van der Waals surface area contributed by atoms with Crippen LogP contribution in [0.2, 0.25) is 10.0 Å². The van der Waals surface area contributed by atoms with Crippen LogP contribution in [0.15, 0.2) is 42.5 Å². The fourth-order valence-electron chi connectivity index (χ4n) is 1.34. The van der Waals surface area contributed by atoms with Crippen LogP contribution >= 0.6 is 34.8 Å². The number of rotatable bonds is 3. The predicted octanol–water partition coefficient (Wildman–Crippen LogP) is 5.52. The molecular formula is C13H9Cl3O. The molecule has 0 aliphatic carbocycles. The second kappa shape index (κ2) is 5.63. The van der Waals surface area contributed by atoms with Gasteiger partial charge in [0.25, 0.3) is 0 Å². The van der Waals surface area contributed by atoms with Gasteiger partial charge < -0.3 is 4.74 Å². The van der Waals surface area contributed by atoms with E-state index in [0.29, 0.717) is 27.4 Å². The molecule has 0 aromatic heterocycles. The summed E-state index contributed by atoms with van der Waals surface area (Å²) in [4.78, 5) is 0. The van der Waals surface area contributed by atoms with E-state index in [-0.39, 0.29) is 0 Å². The van der Waals surface area contributed by atoms with Gasteiger partial charge in [-0.2, -0.15) is 0 Å². The first kappa shape index (κ1) is 12.6. The van der Waals surface area contributed by atoms with Gasteiger partial charge in [0.15, 0.2) is 0 Å². The molecule has 4 heteroatoms. The molecule has 0 saturated carbocycles. The van der Waals surface area contributed by atoms with E-state index in [1.807, 2.05) is 24.3 Å². The van der Waals surface area contributed by atoms with Crippen molar-refractivity contribution in [2.45, 2.75) is 5.88 Å². The maximum atomic E-state index is 6.02. The third-order valence-electron chi connectivity index (χ3n) is 2.22. The minimum atomic E-state index is 0.413. The number of ether oxygens (including phenoxy) is 1. The molecule has 0 saturated heterocycles. The molecular weight excluding hydrogens is 279 g/mol. The average Bonchev–Trinajstić information content (AvgIpc) is 2.36. The Morgan fingerprint density at radius 1 is 0.941 bits per heavy atom. The largest absolute Gasteiger partial charge is 0.456 e. The molecule has 88 valence electrons. The Morgan fingerprint density at radius 3 is 2.29 bits per heavy atom. The average molecular weight is 288 g/mol. The summed E-state index contributed by atoms with van der Waals surface area (Å²) < 4.78 is 5.63. The summed E-state index contributed by atoms with van der Waals surface area (Å²) >= 11 is 17.6. The zero-order valence-electron chi connectivity index (χ0n) is 8.79. The topological polar surface area (TPSA) is 9.23 Å². The van der Waals surface area contributed by atoms with E-state index in [2.05, 4.69) is 0 Å². The molecule has 0 radical (unpaired) electrons. The van der Waals surface area contributed by atoms with Gasteiger partial charge in [-0.05, 0) is 29.8 Å². The van der Waals surface area contributed by atoms with Gasteiger partial charge >= 0.3 is 0 Å². The van der Waals surface area contributed by atoms with Crippen molar-refractivity contribution in [2.24, 2.45) is 0 Å². The fourth-order valence-corrected chi connectivity index (χ4v) is 1.84. The van der Waals surface area contributed by atoms with Crippen LogP contribution in [0, 0.1) is 0 Å². The fraction of sp³-hybridized carbons (Fsp3) is 0.0769. The van der Waals surface area contributed by atoms with Crippen LogP contribution in [0.1, 0.15) is 5.56 Å². The summed E-state index contributed by atoms with van der Waals surface area (Å²) in [7, 11) is 0. The maximum absolute atomic E-state index is 6.02. The summed E-state index contributed by atoms with van der Waals surface area (Å²) in [6.07, 6.45) is 0. The van der Waals surface area contributed by atoms with Gasteiger partial charge in [-0.1, -0.05) is 41.4 Å². The van der Waals surface area contributed by atoms with E-state index >= 15 is 0 Å². The van der Waals surface area contributed by atoms with Crippen molar-refractivity contribution < 1.29 is 4.74 Å². The Labute approximate surface area is 115 Å². The molecule has 0 heterocycles. The minimum Gasteiger partial charge on any atom is -0.456 e. The molecule has 0 aliphatic heterocycles. The van der Waals surface area contributed by atoms with Crippen LogP contribution < -0.4 is 4.74 Å². The Balaban J connectivity index is 2.22. The van der Waals surface area contributed by atoms with Gasteiger partial charge in [0, 0.05) is 5.88 Å². The van der Waals surface area contributed by atoms with Crippen molar-refractivity contribution in [3.63, 3.8) is 0 Å². The van der Waals surface area contributed by atoms with Gasteiger partial charge in [-0.3, -0.25) is 0 Å². The molecule has 0 spiro atoms. The zero-order chi connectivity index (χ0) is 12.3. The first-order valence-electron chi connectivity index (χ1n) is 4.97. The Kier molecular flexibility index (Phi) is 4.16. The number of alkyl halides is 1. The van der Waals surface area contributed by atoms with Crippen LogP contribution in [-0.4, -0.2) is 0 Å². The smallest absolute Gasteiger partial charge is 0.147 e. The summed E-state index contributed by atoms with van der Waals surface area (Å²) in [5.74, 6) is 1.72. The van der Waals surface area contributed by atoms with E-state index < -0.39 is 0 Å². The molecule has 2 aromatic rings. The van der Waals surface area contributed by atoms with Gasteiger partial charge in [-0.25, -0.2) is 0 Å². The summed E-state index contributed by atoms with van der Waals surface area (Å²) in [5, 5.41) is 0.886. The van der Waals surface area contributed by atoms with Crippen molar-refractivity contribution in [1.82, 2.24) is 0 Å². The highest BCUT2D eigenvalue weighted by Gasteiger charge is 2.06. The summed E-state index contributed by atoms with van der Waals surface area (Å²) in [6.45, 7) is 0. The number of hydrogen-bond acceptors (Lipinski definition) is 1. The molecule has 0 fully saturated rings. The van der Waals surface area contributed by atoms with E-state index in [4.69, 9.17) is 39.5 Å². The van der Waals surface area contributed by atoms with Crippen molar-refractivity contribution in [3.8, 4) is 11.5 Å². The highest BCUT2D eigenvalue weighted by molar-refractivity contribution is 6.42. The van der Waals surface area contributed by atoms with Crippen molar-refractivity contribution in [3.05, 3.63) is 58.1 Å². The predicted molar refractivity (Wildman–Crippen MR) is 72.5 cm³/mol. The van der Waals surface area contributed by atoms with Crippen molar-refractivity contribution >= 4 is 34.8 Å². The van der Waals surface area contributed by atoms with Crippen LogP contribution in [0.4, 0.5) is 0 Å². The normalized spacial score (nSPS) is 10.3. The maximum Gasteiger partial charge on any atom is 0.147 e. The molecule has 0 N–H and O–H groups in total. The number of benzene rings is 2. The molecule has 0 amide bonds. The molecule has 17 heavy (non-hydrogen) atoms. The SMILES string of the molecule is ClCc1ccc(Oc2cccc(Cl)c2Cl)cc1. The molecule has 0 aliphatic rings. The standard InChI is InChI=1S/C13H9Cl3O/c14-8-9-4-6-10(7-5-9)17-12-3-1-2-11(15)13(12)16/h1-7H,8H2. The van der Waals surface area contributed by atoms with E-state index in [9.17, 15) is 0 Å². The van der Waals surface area contributed by atoms with Crippen LogP contribution in [0.5, 0.6) is 11.5 Å². The lowest BCUT2D eigenvalue weighted by atomic mass is 10.2. The number of halogens is 3. The lowest BCUT2D eigenvalue weighted by Gasteiger charge is -2.08. The molecule has 2 rings (SSSR count). The van der Waals surface area contributed by atoms with Gasteiger partial charge in [-0.15, -0.1) is 11.6 Å². The van der Waals surface area contributed by atoms with Gasteiger partial charge in [0.1, 0.15) is 16.5 Å². The van der Waals surface area contributed by atoms with Crippen LogP contribution in [0.3, 0.4) is 0 Å². The molecule has 0 atom stereocenters. The molecule has 0 bridgehead atoms. The van der Waals surface area contributed by atoms with Gasteiger partial charge in [0.05, 0.1) is 5.02 Å². The highest BCUT2D eigenvalue weighted by atomic mass is 35.5. The monoisotopic (exact) mass is 286 g/mol. The third kappa shape index (κ3) is 3.06. The Bertz CT molecular complexity index is 509. The summed E-state index contributed by atoms with van der Waals surface area (Å²) in [5.41, 5.74) is 1.04. The van der Waals surface area contributed by atoms with E-state index in [1.54, 1.807) is 18.2 Å². The lowest BCUT2D eigenvalue weighted by molar-refractivity contribution is 0.483. The third-order valence-corrected chi connectivity index (χ3v) is 3.33. The van der Waals surface area contributed by atoms with Crippen molar-refractivity contribution in [2.75, 3.05) is 0 Å². The number of hydrogen-bond donors (Lipinski definition) is 0. The highest BCUT2D eigenvalue weighted by Crippen LogP contribution is 2.34. The zero-order valence-corrected chi connectivity index (χ0v) is 11.1. The first-order valence-corrected chi connectivity index (χ1v) is 6.26. The second-order valence-electron chi connectivity index (χ2n) is 3.43. The van der Waals surface area contributed by atoms with E-state index in [0.717, 1.165) is 5.56 Å².